The van der Waals surface area contributed by atoms with Gasteiger partial charge in [-0.2, -0.15) is 0 Å². The molecule has 2 N–H and O–H groups in total. The van der Waals surface area contributed by atoms with Crippen LogP contribution in [0, 0.1) is 0 Å². The van der Waals surface area contributed by atoms with Gasteiger partial charge in [0.2, 0.25) is 5.13 Å². The van der Waals surface area contributed by atoms with E-state index in [9.17, 15) is 4.79 Å². The SMILES string of the molecule is Cl.O=C(Nc1nnc(CCN2CCc3ccccc3C2)s1)c1ccc2c(c1)CCNC2. The Kier molecular flexibility index (Phi) is 6.97. The molecule has 5 rings (SSSR count). The third-order valence-electron chi connectivity index (χ3n) is 5.89. The quantitative estimate of drug-likeness (QED) is 0.616. The molecule has 2 aliphatic rings. The molecule has 0 saturated heterocycles. The minimum atomic E-state index is -0.119. The number of aromatic nitrogens is 2. The molecule has 2 aliphatic heterocycles. The van der Waals surface area contributed by atoms with E-state index in [2.05, 4.69) is 50.0 Å². The zero-order chi connectivity index (χ0) is 20.3. The number of nitrogens with one attached hydrogen (secondary N) is 2. The Morgan fingerprint density at radius 3 is 2.84 bits per heavy atom. The van der Waals surface area contributed by atoms with Gasteiger partial charge in [0.15, 0.2) is 0 Å². The van der Waals surface area contributed by atoms with Gasteiger partial charge in [0.1, 0.15) is 5.01 Å². The van der Waals surface area contributed by atoms with E-state index in [1.807, 2.05) is 18.2 Å². The molecule has 1 aromatic heterocycles. The van der Waals surface area contributed by atoms with Gasteiger partial charge in [-0.3, -0.25) is 15.0 Å². The van der Waals surface area contributed by atoms with Gasteiger partial charge in [-0.15, -0.1) is 22.6 Å². The molecular formula is C23H26ClN5OS. The van der Waals surface area contributed by atoms with Gasteiger partial charge in [-0.25, -0.2) is 0 Å². The Hall–Kier alpha value is -2.32. The Bertz CT molecular complexity index is 1070. The fourth-order valence-corrected chi connectivity index (χ4v) is 4.92. The number of hydrogen-bond acceptors (Lipinski definition) is 6. The van der Waals surface area contributed by atoms with Gasteiger partial charge in [-0.05, 0) is 53.8 Å². The molecule has 0 spiro atoms. The highest BCUT2D eigenvalue weighted by molar-refractivity contribution is 7.15. The highest BCUT2D eigenvalue weighted by Gasteiger charge is 2.17. The monoisotopic (exact) mass is 455 g/mol. The standard InChI is InChI=1S/C23H25N5OS.ClH/c29-22(18-5-6-19-14-24-10-7-17(19)13-18)25-23-27-26-21(30-23)9-12-28-11-8-16-3-1-2-4-20(16)15-28;/h1-6,13,24H,7-12,14-15H2,(H,25,27,29);1H. The van der Waals surface area contributed by atoms with Crippen LogP contribution < -0.4 is 10.6 Å². The first-order valence-corrected chi connectivity index (χ1v) is 11.3. The molecule has 3 heterocycles. The molecule has 6 nitrogen and oxygen atoms in total. The molecule has 162 valence electrons. The Morgan fingerprint density at radius 2 is 1.94 bits per heavy atom. The van der Waals surface area contributed by atoms with Crippen LogP contribution in [-0.2, 0) is 32.4 Å². The molecule has 0 bridgehead atoms. The fourth-order valence-electron chi connectivity index (χ4n) is 4.19. The lowest BCUT2D eigenvalue weighted by atomic mass is 9.98. The first-order valence-electron chi connectivity index (χ1n) is 10.5. The lowest BCUT2D eigenvalue weighted by Gasteiger charge is -2.28. The molecule has 0 radical (unpaired) electrons. The molecule has 0 aliphatic carbocycles. The molecule has 0 unspecified atom stereocenters. The molecule has 0 saturated carbocycles. The number of anilines is 1. The number of nitrogens with zero attached hydrogens (tertiary/aromatic N) is 3. The summed E-state index contributed by atoms with van der Waals surface area (Å²) in [6.07, 6.45) is 2.91. The van der Waals surface area contributed by atoms with E-state index in [0.29, 0.717) is 10.7 Å². The topological polar surface area (TPSA) is 70.2 Å². The summed E-state index contributed by atoms with van der Waals surface area (Å²) in [5, 5.41) is 16.2. The Morgan fingerprint density at radius 1 is 1.06 bits per heavy atom. The Balaban J connectivity index is 0.00000231. The van der Waals surface area contributed by atoms with Gasteiger partial charge in [0, 0.05) is 38.2 Å². The lowest BCUT2D eigenvalue weighted by molar-refractivity contribution is 0.102. The summed E-state index contributed by atoms with van der Waals surface area (Å²) in [6.45, 7) is 4.86. The van der Waals surface area contributed by atoms with Crippen LogP contribution in [-0.4, -0.2) is 40.6 Å². The van der Waals surface area contributed by atoms with Crippen molar-refractivity contribution in [2.75, 3.05) is 25.0 Å². The number of halogens is 1. The average Bonchev–Trinajstić information content (AvgIpc) is 3.24. The maximum absolute atomic E-state index is 12.6. The molecular weight excluding hydrogens is 430 g/mol. The zero-order valence-corrected chi connectivity index (χ0v) is 18.9. The van der Waals surface area contributed by atoms with Crippen molar-refractivity contribution in [3.8, 4) is 0 Å². The second-order valence-electron chi connectivity index (χ2n) is 7.91. The smallest absolute Gasteiger partial charge is 0.257 e. The van der Waals surface area contributed by atoms with Gasteiger partial charge in [0.25, 0.3) is 5.91 Å². The van der Waals surface area contributed by atoms with Crippen molar-refractivity contribution >= 4 is 34.8 Å². The summed E-state index contributed by atoms with van der Waals surface area (Å²) >= 11 is 1.47. The average molecular weight is 456 g/mol. The molecule has 31 heavy (non-hydrogen) atoms. The molecule has 1 amide bonds. The number of benzene rings is 2. The second-order valence-corrected chi connectivity index (χ2v) is 8.97. The van der Waals surface area contributed by atoms with Crippen molar-refractivity contribution in [1.29, 1.82) is 0 Å². The largest absolute Gasteiger partial charge is 0.312 e. The van der Waals surface area contributed by atoms with Crippen molar-refractivity contribution in [3.63, 3.8) is 0 Å². The molecule has 0 fully saturated rings. The van der Waals surface area contributed by atoms with Crippen LogP contribution in [0.3, 0.4) is 0 Å². The Labute approximate surface area is 192 Å². The highest BCUT2D eigenvalue weighted by Crippen LogP contribution is 2.22. The second kappa shape index (κ2) is 9.87. The van der Waals surface area contributed by atoms with Crippen molar-refractivity contribution in [3.05, 3.63) is 75.3 Å². The predicted octanol–water partition coefficient (Wildman–Crippen LogP) is 3.46. The van der Waals surface area contributed by atoms with E-state index in [-0.39, 0.29) is 18.3 Å². The number of rotatable bonds is 5. The lowest BCUT2D eigenvalue weighted by Crippen LogP contribution is -2.32. The van der Waals surface area contributed by atoms with E-state index < -0.39 is 0 Å². The maximum atomic E-state index is 12.6. The number of carbonyl (C=O) groups excluding carboxylic acids is 1. The van der Waals surface area contributed by atoms with E-state index in [0.717, 1.165) is 57.0 Å². The molecule has 0 atom stereocenters. The van der Waals surface area contributed by atoms with Gasteiger partial charge in [-0.1, -0.05) is 41.7 Å². The van der Waals surface area contributed by atoms with Gasteiger partial charge in [0.05, 0.1) is 0 Å². The van der Waals surface area contributed by atoms with Crippen molar-refractivity contribution in [1.82, 2.24) is 20.4 Å². The number of fused-ring (bicyclic) bond motifs is 2. The summed E-state index contributed by atoms with van der Waals surface area (Å²) in [6, 6.07) is 14.6. The van der Waals surface area contributed by atoms with E-state index in [1.54, 1.807) is 0 Å². The minimum Gasteiger partial charge on any atom is -0.312 e. The van der Waals surface area contributed by atoms with E-state index in [1.165, 1.54) is 33.6 Å². The third kappa shape index (κ3) is 5.13. The number of amides is 1. The highest BCUT2D eigenvalue weighted by atomic mass is 35.5. The van der Waals surface area contributed by atoms with Crippen molar-refractivity contribution in [2.24, 2.45) is 0 Å². The zero-order valence-electron chi connectivity index (χ0n) is 17.3. The fraction of sp³-hybridized carbons (Fsp3) is 0.348. The normalized spacial score (nSPS) is 15.5. The van der Waals surface area contributed by atoms with Gasteiger partial charge < -0.3 is 5.32 Å². The van der Waals surface area contributed by atoms with Gasteiger partial charge >= 0.3 is 0 Å². The molecule has 3 aromatic rings. The predicted molar refractivity (Wildman–Crippen MR) is 126 cm³/mol. The minimum absolute atomic E-state index is 0. The summed E-state index contributed by atoms with van der Waals surface area (Å²) < 4.78 is 0. The first-order chi connectivity index (χ1) is 14.7. The van der Waals surface area contributed by atoms with Crippen LogP contribution in [0.25, 0.3) is 0 Å². The van der Waals surface area contributed by atoms with Crippen LogP contribution in [0.4, 0.5) is 5.13 Å². The molecule has 2 aromatic carbocycles. The third-order valence-corrected chi connectivity index (χ3v) is 6.79. The summed E-state index contributed by atoms with van der Waals surface area (Å²) in [5.41, 5.74) is 6.10. The number of hydrogen-bond donors (Lipinski definition) is 2. The number of carbonyl (C=O) groups is 1. The maximum Gasteiger partial charge on any atom is 0.257 e. The van der Waals surface area contributed by atoms with Crippen LogP contribution >= 0.6 is 23.7 Å². The first kappa shape index (κ1) is 21.9. The summed E-state index contributed by atoms with van der Waals surface area (Å²) in [4.78, 5) is 15.1. The summed E-state index contributed by atoms with van der Waals surface area (Å²) in [5.74, 6) is -0.119. The summed E-state index contributed by atoms with van der Waals surface area (Å²) in [7, 11) is 0. The van der Waals surface area contributed by atoms with E-state index in [4.69, 9.17) is 0 Å². The van der Waals surface area contributed by atoms with E-state index >= 15 is 0 Å². The van der Waals surface area contributed by atoms with Crippen molar-refractivity contribution < 1.29 is 4.79 Å². The van der Waals surface area contributed by atoms with Crippen LogP contribution in [0.5, 0.6) is 0 Å². The van der Waals surface area contributed by atoms with Crippen molar-refractivity contribution in [2.45, 2.75) is 32.4 Å². The van der Waals surface area contributed by atoms with Crippen LogP contribution in [0.1, 0.15) is 37.6 Å². The van der Waals surface area contributed by atoms with Crippen LogP contribution in [0.2, 0.25) is 0 Å². The van der Waals surface area contributed by atoms with Crippen LogP contribution in [0.15, 0.2) is 42.5 Å². The molecule has 8 heteroatoms.